The lowest BCUT2D eigenvalue weighted by molar-refractivity contribution is -0.145. The van der Waals surface area contributed by atoms with Crippen molar-refractivity contribution in [3.05, 3.63) is 0 Å². The van der Waals surface area contributed by atoms with Gasteiger partial charge in [0.25, 0.3) is 0 Å². The number of amides is 2. The number of piperidine rings is 1. The van der Waals surface area contributed by atoms with E-state index in [0.29, 0.717) is 12.5 Å². The molecule has 4 unspecified atom stereocenters. The van der Waals surface area contributed by atoms with Gasteiger partial charge in [0.2, 0.25) is 0 Å². The van der Waals surface area contributed by atoms with E-state index < -0.39 is 12.0 Å². The minimum atomic E-state index is -0.885. The fraction of sp³-hybridized carbons (Fsp3) is 0.867. The third-order valence-corrected chi connectivity index (χ3v) is 4.71. The van der Waals surface area contributed by atoms with Gasteiger partial charge in [-0.15, -0.1) is 0 Å². The predicted octanol–water partition coefficient (Wildman–Crippen LogP) is 2.46. The molecule has 0 aromatic carbocycles. The van der Waals surface area contributed by atoms with Crippen molar-refractivity contribution >= 4 is 12.0 Å². The molecular weight excluding hydrogens is 256 g/mol. The Morgan fingerprint density at radius 1 is 1.15 bits per heavy atom. The number of nitrogens with one attached hydrogen (secondary N) is 1. The van der Waals surface area contributed by atoms with Crippen LogP contribution in [-0.4, -0.2) is 40.6 Å². The lowest BCUT2D eigenvalue weighted by Crippen LogP contribution is -2.56. The lowest BCUT2D eigenvalue weighted by atomic mass is 9.87. The number of aliphatic carboxylic acids is 1. The highest BCUT2D eigenvalue weighted by atomic mass is 16.4. The number of carbonyl (C=O) groups excluding carboxylic acids is 1. The molecular formula is C15H26N2O3. The molecule has 1 saturated carbocycles. The molecule has 1 heterocycles. The normalized spacial score (nSPS) is 34.6. The van der Waals surface area contributed by atoms with Crippen LogP contribution < -0.4 is 5.32 Å². The number of hydrogen-bond acceptors (Lipinski definition) is 2. The van der Waals surface area contributed by atoms with Gasteiger partial charge < -0.3 is 15.3 Å². The molecule has 0 aromatic heterocycles. The minimum Gasteiger partial charge on any atom is -0.480 e. The molecule has 5 heteroatoms. The minimum absolute atomic E-state index is 0.0253. The lowest BCUT2D eigenvalue weighted by Gasteiger charge is -2.38. The Labute approximate surface area is 120 Å². The number of carboxylic acids is 1. The summed E-state index contributed by atoms with van der Waals surface area (Å²) < 4.78 is 0. The van der Waals surface area contributed by atoms with Crippen LogP contribution in [0.3, 0.4) is 0 Å². The highest BCUT2D eigenvalue weighted by Gasteiger charge is 2.37. The molecule has 0 bridgehead atoms. The fourth-order valence-corrected chi connectivity index (χ4v) is 3.62. The molecule has 114 valence electrons. The number of likely N-dealkylation sites (tertiary alicyclic amines) is 1. The average molecular weight is 282 g/mol. The maximum Gasteiger partial charge on any atom is 0.326 e. The van der Waals surface area contributed by atoms with E-state index in [0.717, 1.165) is 32.1 Å². The Bertz CT molecular complexity index is 372. The SMILES string of the molecule is CC1CCCC(NC(=O)N2CCCC(C)C2C(=O)O)C1. The van der Waals surface area contributed by atoms with Crippen molar-refractivity contribution in [1.82, 2.24) is 10.2 Å². The number of rotatable bonds is 2. The highest BCUT2D eigenvalue weighted by Crippen LogP contribution is 2.26. The zero-order chi connectivity index (χ0) is 14.7. The third-order valence-electron chi connectivity index (χ3n) is 4.71. The van der Waals surface area contributed by atoms with Crippen LogP contribution in [0, 0.1) is 11.8 Å². The molecule has 5 nitrogen and oxygen atoms in total. The van der Waals surface area contributed by atoms with Gasteiger partial charge in [0.1, 0.15) is 6.04 Å². The van der Waals surface area contributed by atoms with Crippen molar-refractivity contribution in [2.75, 3.05) is 6.54 Å². The molecule has 4 atom stereocenters. The monoisotopic (exact) mass is 282 g/mol. The number of carbonyl (C=O) groups is 2. The first-order valence-corrected chi connectivity index (χ1v) is 7.79. The van der Waals surface area contributed by atoms with Gasteiger partial charge in [-0.3, -0.25) is 0 Å². The maximum absolute atomic E-state index is 12.4. The van der Waals surface area contributed by atoms with Crippen molar-refractivity contribution in [2.24, 2.45) is 11.8 Å². The standard InChI is InChI=1S/C15H26N2O3/c1-10-5-3-7-12(9-10)16-15(20)17-8-4-6-11(2)13(17)14(18)19/h10-13H,3-9H2,1-2H3,(H,16,20)(H,18,19). The topological polar surface area (TPSA) is 69.6 Å². The third kappa shape index (κ3) is 3.44. The first kappa shape index (κ1) is 15.1. The van der Waals surface area contributed by atoms with Gasteiger partial charge >= 0.3 is 12.0 Å². The molecule has 0 aromatic rings. The Kier molecular flexibility index (Phi) is 4.89. The molecule has 1 saturated heterocycles. The summed E-state index contributed by atoms with van der Waals surface area (Å²) in [6.07, 6.45) is 6.15. The molecule has 2 fully saturated rings. The molecule has 20 heavy (non-hydrogen) atoms. The van der Waals surface area contributed by atoms with E-state index in [1.807, 2.05) is 6.92 Å². The van der Waals surface area contributed by atoms with Crippen LogP contribution in [0.1, 0.15) is 52.4 Å². The summed E-state index contributed by atoms with van der Waals surface area (Å²) in [7, 11) is 0. The zero-order valence-corrected chi connectivity index (χ0v) is 12.5. The largest absolute Gasteiger partial charge is 0.480 e. The van der Waals surface area contributed by atoms with Crippen LogP contribution in [0.15, 0.2) is 0 Å². The van der Waals surface area contributed by atoms with E-state index in [1.54, 1.807) is 0 Å². The van der Waals surface area contributed by atoms with Gasteiger partial charge in [-0.2, -0.15) is 0 Å². The number of hydrogen-bond donors (Lipinski definition) is 2. The van der Waals surface area contributed by atoms with Gasteiger partial charge in [-0.25, -0.2) is 9.59 Å². The van der Waals surface area contributed by atoms with Gasteiger partial charge in [0, 0.05) is 12.6 Å². The zero-order valence-electron chi connectivity index (χ0n) is 12.5. The second-order valence-electron chi connectivity index (χ2n) is 6.51. The summed E-state index contributed by atoms with van der Waals surface area (Å²) in [6, 6.07) is -0.661. The first-order chi connectivity index (χ1) is 9.49. The quantitative estimate of drug-likeness (QED) is 0.817. The predicted molar refractivity (Wildman–Crippen MR) is 76.5 cm³/mol. The number of carboxylic acid groups (broad SMARTS) is 1. The van der Waals surface area contributed by atoms with Crippen molar-refractivity contribution in [1.29, 1.82) is 0 Å². The fourth-order valence-electron chi connectivity index (χ4n) is 3.62. The summed E-state index contributed by atoms with van der Waals surface area (Å²) >= 11 is 0. The second kappa shape index (κ2) is 6.46. The molecule has 0 spiro atoms. The van der Waals surface area contributed by atoms with Gasteiger partial charge in [-0.05, 0) is 37.5 Å². The molecule has 1 aliphatic heterocycles. The molecule has 0 radical (unpaired) electrons. The second-order valence-corrected chi connectivity index (χ2v) is 6.51. The van der Waals surface area contributed by atoms with E-state index in [1.165, 1.54) is 11.3 Å². The Morgan fingerprint density at radius 2 is 1.90 bits per heavy atom. The van der Waals surface area contributed by atoms with Gasteiger partial charge in [0.15, 0.2) is 0 Å². The van der Waals surface area contributed by atoms with E-state index in [4.69, 9.17) is 0 Å². The average Bonchev–Trinajstić information content (AvgIpc) is 2.37. The molecule has 2 amide bonds. The summed E-state index contributed by atoms with van der Waals surface area (Å²) in [5.41, 5.74) is 0. The number of nitrogens with zero attached hydrogens (tertiary/aromatic N) is 1. The Hall–Kier alpha value is -1.26. The van der Waals surface area contributed by atoms with Crippen molar-refractivity contribution in [3.63, 3.8) is 0 Å². The molecule has 2 rings (SSSR count). The summed E-state index contributed by atoms with van der Waals surface area (Å²) in [5.74, 6) is -0.216. The van der Waals surface area contributed by atoms with E-state index in [2.05, 4.69) is 12.2 Å². The van der Waals surface area contributed by atoms with Crippen molar-refractivity contribution in [3.8, 4) is 0 Å². The van der Waals surface area contributed by atoms with E-state index >= 15 is 0 Å². The molecule has 2 N–H and O–H groups in total. The van der Waals surface area contributed by atoms with Crippen LogP contribution in [0.2, 0.25) is 0 Å². The van der Waals surface area contributed by atoms with Gasteiger partial charge in [-0.1, -0.05) is 26.7 Å². The molecule has 1 aliphatic carbocycles. The highest BCUT2D eigenvalue weighted by molar-refractivity contribution is 5.83. The van der Waals surface area contributed by atoms with Gasteiger partial charge in [0.05, 0.1) is 0 Å². The van der Waals surface area contributed by atoms with E-state index in [-0.39, 0.29) is 18.0 Å². The van der Waals surface area contributed by atoms with Crippen LogP contribution >= 0.6 is 0 Å². The van der Waals surface area contributed by atoms with Crippen LogP contribution in [0.4, 0.5) is 4.79 Å². The maximum atomic E-state index is 12.4. The smallest absolute Gasteiger partial charge is 0.326 e. The van der Waals surface area contributed by atoms with Crippen LogP contribution in [-0.2, 0) is 4.79 Å². The summed E-state index contributed by atoms with van der Waals surface area (Å²) in [6.45, 7) is 4.68. The summed E-state index contributed by atoms with van der Waals surface area (Å²) in [4.78, 5) is 25.3. The Morgan fingerprint density at radius 3 is 2.55 bits per heavy atom. The van der Waals surface area contributed by atoms with Crippen LogP contribution in [0.5, 0.6) is 0 Å². The van der Waals surface area contributed by atoms with Crippen molar-refractivity contribution < 1.29 is 14.7 Å². The molecule has 2 aliphatic rings. The Balaban J connectivity index is 1.97. The van der Waals surface area contributed by atoms with Crippen LogP contribution in [0.25, 0.3) is 0 Å². The number of urea groups is 1. The summed E-state index contributed by atoms with van der Waals surface area (Å²) in [5, 5.41) is 12.4. The van der Waals surface area contributed by atoms with E-state index in [9.17, 15) is 14.7 Å². The van der Waals surface area contributed by atoms with Crippen molar-refractivity contribution in [2.45, 2.75) is 64.5 Å². The first-order valence-electron chi connectivity index (χ1n) is 7.79.